The molecule has 146 valence electrons. The van der Waals surface area contributed by atoms with Gasteiger partial charge >= 0.3 is 0 Å². The summed E-state index contributed by atoms with van der Waals surface area (Å²) in [6.45, 7) is 7.47. The number of anilines is 2. The van der Waals surface area contributed by atoms with Gasteiger partial charge < -0.3 is 15.7 Å². The fourth-order valence-corrected chi connectivity index (χ4v) is 2.89. The Hall–Kier alpha value is -2.11. The van der Waals surface area contributed by atoms with E-state index >= 15 is 0 Å². The van der Waals surface area contributed by atoms with Gasteiger partial charge in [-0.3, -0.25) is 4.79 Å². The zero-order valence-electron chi connectivity index (χ0n) is 16.1. The van der Waals surface area contributed by atoms with Crippen molar-refractivity contribution in [1.82, 2.24) is 10.3 Å². The fraction of sp³-hybridized carbons (Fsp3) is 0.429. The summed E-state index contributed by atoms with van der Waals surface area (Å²) in [5.41, 5.74) is 3.73. The molecular formula is C21H28ClN3O2. The third-order valence-corrected chi connectivity index (χ3v) is 4.24. The van der Waals surface area contributed by atoms with E-state index in [9.17, 15) is 0 Å². The molecule has 0 spiro atoms. The molecule has 1 saturated carbocycles. The van der Waals surface area contributed by atoms with Gasteiger partial charge in [-0.1, -0.05) is 31.5 Å². The fourth-order valence-electron chi connectivity index (χ4n) is 2.70. The first-order chi connectivity index (χ1) is 12.8. The molecule has 0 saturated heterocycles. The summed E-state index contributed by atoms with van der Waals surface area (Å²) >= 11 is 6.04. The van der Waals surface area contributed by atoms with Crippen molar-refractivity contribution in [1.29, 1.82) is 0 Å². The van der Waals surface area contributed by atoms with Crippen molar-refractivity contribution in [2.45, 2.75) is 46.1 Å². The van der Waals surface area contributed by atoms with Gasteiger partial charge in [0.1, 0.15) is 5.82 Å². The Balaban J connectivity index is 0.000000596. The number of rotatable bonds is 7. The topological polar surface area (TPSA) is 74.2 Å². The Morgan fingerprint density at radius 2 is 2.04 bits per heavy atom. The molecular weight excluding hydrogens is 362 g/mol. The highest BCUT2D eigenvalue weighted by Gasteiger charge is 2.26. The number of carbonyl (C=O) groups is 1. The summed E-state index contributed by atoms with van der Waals surface area (Å²) < 4.78 is 0. The van der Waals surface area contributed by atoms with E-state index in [1.165, 1.54) is 24.0 Å². The Bertz CT molecular complexity index is 757. The Morgan fingerprint density at radius 3 is 2.63 bits per heavy atom. The third kappa shape index (κ3) is 7.97. The molecule has 0 radical (unpaired) electrons. The molecule has 0 amide bonds. The second-order valence-corrected chi connectivity index (χ2v) is 7.66. The molecule has 1 aromatic heterocycles. The number of hydrogen-bond acceptors (Lipinski definition) is 4. The van der Waals surface area contributed by atoms with Gasteiger partial charge in [-0.2, -0.15) is 0 Å². The van der Waals surface area contributed by atoms with Crippen molar-refractivity contribution in [3.8, 4) is 0 Å². The van der Waals surface area contributed by atoms with Crippen molar-refractivity contribution in [3.05, 3.63) is 52.7 Å². The normalized spacial score (nSPS) is 13.1. The highest BCUT2D eigenvalue weighted by molar-refractivity contribution is 6.30. The maximum atomic E-state index is 9.00. The Labute approximate surface area is 166 Å². The van der Waals surface area contributed by atoms with Crippen LogP contribution >= 0.6 is 11.6 Å². The van der Waals surface area contributed by atoms with E-state index in [2.05, 4.69) is 35.5 Å². The van der Waals surface area contributed by atoms with Crippen LogP contribution in [0.4, 0.5) is 11.5 Å². The number of benzene rings is 1. The van der Waals surface area contributed by atoms with Crippen LogP contribution in [-0.2, 0) is 11.3 Å². The first-order valence-electron chi connectivity index (χ1n) is 9.26. The minimum absolute atomic E-state index is 0.663. The number of hydrogen-bond donors (Lipinski definition) is 3. The van der Waals surface area contributed by atoms with Crippen LogP contribution in [0.25, 0.3) is 0 Å². The largest absolute Gasteiger partial charge is 0.481 e. The number of aromatic nitrogens is 1. The number of nitrogens with one attached hydrogen (secondary N) is 2. The van der Waals surface area contributed by atoms with Crippen LogP contribution in [-0.4, -0.2) is 22.6 Å². The van der Waals surface area contributed by atoms with Gasteiger partial charge in [-0.15, -0.1) is 0 Å². The smallest absolute Gasteiger partial charge is 0.300 e. The molecule has 0 bridgehead atoms. The molecule has 1 aliphatic rings. The number of pyridine rings is 1. The van der Waals surface area contributed by atoms with Crippen molar-refractivity contribution in [3.63, 3.8) is 0 Å². The first-order valence-corrected chi connectivity index (χ1v) is 9.64. The highest BCUT2D eigenvalue weighted by atomic mass is 35.5. The van der Waals surface area contributed by atoms with Crippen LogP contribution in [0.15, 0.2) is 36.5 Å². The third-order valence-electron chi connectivity index (χ3n) is 4.00. The van der Waals surface area contributed by atoms with Gasteiger partial charge in [0.15, 0.2) is 0 Å². The molecule has 27 heavy (non-hydrogen) atoms. The van der Waals surface area contributed by atoms with E-state index in [4.69, 9.17) is 21.5 Å². The molecule has 3 rings (SSSR count). The second kappa shape index (κ2) is 10.3. The van der Waals surface area contributed by atoms with E-state index in [1.54, 1.807) is 0 Å². The van der Waals surface area contributed by atoms with Crippen LogP contribution in [0.5, 0.6) is 0 Å². The van der Waals surface area contributed by atoms with Crippen molar-refractivity contribution >= 4 is 29.1 Å². The average Bonchev–Trinajstić information content (AvgIpc) is 3.40. The molecule has 1 fully saturated rings. The maximum absolute atomic E-state index is 9.00. The summed E-state index contributed by atoms with van der Waals surface area (Å²) in [5.74, 6) is 1.42. The number of carboxylic acid groups (broad SMARTS) is 1. The summed E-state index contributed by atoms with van der Waals surface area (Å²) in [7, 11) is 0. The molecule has 2 aromatic rings. The van der Waals surface area contributed by atoms with Crippen molar-refractivity contribution in [2.24, 2.45) is 5.92 Å². The number of carboxylic acids is 1. The van der Waals surface area contributed by atoms with Gasteiger partial charge in [0, 0.05) is 30.4 Å². The predicted octanol–water partition coefficient (Wildman–Crippen LogP) is 5.19. The summed E-state index contributed by atoms with van der Waals surface area (Å²) in [6.07, 6.45) is 4.59. The zero-order valence-corrected chi connectivity index (χ0v) is 16.9. The standard InChI is InChI=1S/C19H24ClN3.C2H4O2/c1-13(2)10-21-11-15-12-22-19(9-18(15)14-6-7-14)23-17-5-3-4-16(20)8-17;1-2(3)4/h3-5,8-9,12-14,21H,6-7,10-11H2,1-2H3,(H,22,23);1H3,(H,3,4). The lowest BCUT2D eigenvalue weighted by Crippen LogP contribution is -2.20. The van der Waals surface area contributed by atoms with Crippen molar-refractivity contribution < 1.29 is 9.90 Å². The number of nitrogens with zero attached hydrogens (tertiary/aromatic N) is 1. The molecule has 6 heteroatoms. The van der Waals surface area contributed by atoms with Crippen molar-refractivity contribution in [2.75, 3.05) is 11.9 Å². The van der Waals surface area contributed by atoms with Crippen LogP contribution in [0.1, 0.15) is 50.7 Å². The highest BCUT2D eigenvalue weighted by Crippen LogP contribution is 2.42. The van der Waals surface area contributed by atoms with Gasteiger partial charge in [0.2, 0.25) is 0 Å². The monoisotopic (exact) mass is 389 g/mol. The second-order valence-electron chi connectivity index (χ2n) is 7.22. The number of halogens is 1. The van der Waals surface area contributed by atoms with Crippen LogP contribution in [0, 0.1) is 5.92 Å². The van der Waals surface area contributed by atoms with Gasteiger partial charge in [-0.05, 0) is 66.6 Å². The number of aliphatic carboxylic acids is 1. The van der Waals surface area contributed by atoms with E-state index < -0.39 is 5.97 Å². The molecule has 0 unspecified atom stereocenters. The molecule has 0 atom stereocenters. The average molecular weight is 390 g/mol. The van der Waals surface area contributed by atoms with Gasteiger partial charge in [-0.25, -0.2) is 4.98 Å². The molecule has 5 nitrogen and oxygen atoms in total. The molecule has 0 aliphatic heterocycles. The molecule has 1 aliphatic carbocycles. The van der Waals surface area contributed by atoms with Crippen LogP contribution < -0.4 is 10.6 Å². The lowest BCUT2D eigenvalue weighted by molar-refractivity contribution is -0.134. The van der Waals surface area contributed by atoms with Gasteiger partial charge in [0.05, 0.1) is 0 Å². The summed E-state index contributed by atoms with van der Waals surface area (Å²) in [4.78, 5) is 13.6. The van der Waals surface area contributed by atoms with E-state index in [0.717, 1.165) is 36.5 Å². The zero-order chi connectivity index (χ0) is 19.8. The lowest BCUT2D eigenvalue weighted by Gasteiger charge is -2.14. The van der Waals surface area contributed by atoms with E-state index in [1.807, 2.05) is 30.5 Å². The van der Waals surface area contributed by atoms with Crippen LogP contribution in [0.3, 0.4) is 0 Å². The Kier molecular flexibility index (Phi) is 8.07. The first kappa shape index (κ1) is 21.2. The SMILES string of the molecule is CC(=O)O.CC(C)CNCc1cnc(Nc2cccc(Cl)c2)cc1C1CC1. The lowest BCUT2D eigenvalue weighted by atomic mass is 10.1. The van der Waals surface area contributed by atoms with E-state index in [0.29, 0.717) is 11.8 Å². The minimum Gasteiger partial charge on any atom is -0.481 e. The van der Waals surface area contributed by atoms with Gasteiger partial charge in [0.25, 0.3) is 5.97 Å². The summed E-state index contributed by atoms with van der Waals surface area (Å²) in [6, 6.07) is 9.93. The van der Waals surface area contributed by atoms with Crippen LogP contribution in [0.2, 0.25) is 5.02 Å². The summed E-state index contributed by atoms with van der Waals surface area (Å²) in [5, 5.41) is 15.0. The van der Waals surface area contributed by atoms with E-state index in [-0.39, 0.29) is 0 Å². The molecule has 1 aromatic carbocycles. The Morgan fingerprint density at radius 1 is 1.33 bits per heavy atom. The quantitative estimate of drug-likeness (QED) is 0.607. The maximum Gasteiger partial charge on any atom is 0.300 e. The molecule has 3 N–H and O–H groups in total. The predicted molar refractivity (Wildman–Crippen MR) is 111 cm³/mol. The minimum atomic E-state index is -0.833. The molecule has 1 heterocycles.